The highest BCUT2D eigenvalue weighted by Crippen LogP contribution is 2.24. The smallest absolute Gasteiger partial charge is 0.130 e. The zero-order valence-electron chi connectivity index (χ0n) is 10.8. The minimum atomic E-state index is -0.612. The van der Waals surface area contributed by atoms with E-state index in [2.05, 4.69) is 26.3 Å². The van der Waals surface area contributed by atoms with E-state index in [9.17, 15) is 8.78 Å². The number of nitrogens with two attached hydrogens (primary N) is 1. The first kappa shape index (κ1) is 15.0. The van der Waals surface area contributed by atoms with E-state index in [1.165, 1.54) is 6.07 Å². The van der Waals surface area contributed by atoms with Gasteiger partial charge < -0.3 is 0 Å². The molecular formula is C14H14BrF2N3. The van der Waals surface area contributed by atoms with Crippen LogP contribution in [0, 0.1) is 18.6 Å². The fourth-order valence-corrected chi connectivity index (χ4v) is 2.42. The molecular weight excluding hydrogens is 328 g/mol. The van der Waals surface area contributed by atoms with E-state index in [-0.39, 0.29) is 0 Å². The van der Waals surface area contributed by atoms with Crippen molar-refractivity contribution in [1.82, 2.24) is 10.4 Å². The summed E-state index contributed by atoms with van der Waals surface area (Å²) in [5.74, 6) is 4.33. The lowest BCUT2D eigenvalue weighted by atomic mass is 9.98. The average molecular weight is 342 g/mol. The largest absolute Gasteiger partial charge is 0.271 e. The summed E-state index contributed by atoms with van der Waals surface area (Å²) >= 11 is 3.33. The van der Waals surface area contributed by atoms with Gasteiger partial charge in [-0.15, -0.1) is 0 Å². The SMILES string of the molecule is Cc1cc(C(Cc2cncc(Br)c2)NN)c(F)cc1F. The van der Waals surface area contributed by atoms with Crippen LogP contribution >= 0.6 is 15.9 Å². The third-order valence-corrected chi connectivity index (χ3v) is 3.49. The minimum Gasteiger partial charge on any atom is -0.271 e. The van der Waals surface area contributed by atoms with Crippen molar-refractivity contribution in [2.75, 3.05) is 0 Å². The molecule has 6 heteroatoms. The van der Waals surface area contributed by atoms with E-state index in [0.29, 0.717) is 17.5 Å². The van der Waals surface area contributed by atoms with Crippen LogP contribution in [0.2, 0.25) is 0 Å². The van der Waals surface area contributed by atoms with Gasteiger partial charge in [0.05, 0.1) is 6.04 Å². The fraction of sp³-hybridized carbons (Fsp3) is 0.214. The highest BCUT2D eigenvalue weighted by atomic mass is 79.9. The minimum absolute atomic E-state index is 0.339. The molecule has 0 radical (unpaired) electrons. The Labute approximate surface area is 124 Å². The van der Waals surface area contributed by atoms with Gasteiger partial charge in [-0.05, 0) is 52.5 Å². The van der Waals surface area contributed by atoms with E-state index in [1.54, 1.807) is 19.3 Å². The zero-order chi connectivity index (χ0) is 14.7. The third kappa shape index (κ3) is 3.39. The summed E-state index contributed by atoms with van der Waals surface area (Å²) in [4.78, 5) is 4.05. The van der Waals surface area contributed by atoms with E-state index in [4.69, 9.17) is 5.84 Å². The summed E-state index contributed by atoms with van der Waals surface area (Å²) in [5, 5.41) is 0. The van der Waals surface area contributed by atoms with E-state index in [1.807, 2.05) is 6.07 Å². The molecule has 0 bridgehead atoms. The van der Waals surface area contributed by atoms with Gasteiger partial charge in [-0.1, -0.05) is 0 Å². The number of hydrazine groups is 1. The number of hydrogen-bond donors (Lipinski definition) is 2. The summed E-state index contributed by atoms with van der Waals surface area (Å²) in [6, 6.07) is 3.78. The number of nitrogens with one attached hydrogen (secondary N) is 1. The first-order chi connectivity index (χ1) is 9.51. The van der Waals surface area contributed by atoms with Crippen molar-refractivity contribution in [2.45, 2.75) is 19.4 Å². The predicted molar refractivity (Wildman–Crippen MR) is 76.8 cm³/mol. The third-order valence-electron chi connectivity index (χ3n) is 3.06. The standard InChI is InChI=1S/C14H14BrF2N3/c1-8-2-11(13(17)5-12(8)16)14(20-18)4-9-3-10(15)7-19-6-9/h2-3,5-7,14,20H,4,18H2,1H3. The van der Waals surface area contributed by atoms with Crippen LogP contribution in [0.15, 0.2) is 35.1 Å². The van der Waals surface area contributed by atoms with Crippen molar-refractivity contribution in [3.63, 3.8) is 0 Å². The Balaban J connectivity index is 2.31. The molecule has 1 aromatic heterocycles. The van der Waals surface area contributed by atoms with E-state index in [0.717, 1.165) is 16.1 Å². The molecule has 0 aliphatic rings. The van der Waals surface area contributed by atoms with Crippen molar-refractivity contribution in [2.24, 2.45) is 5.84 Å². The van der Waals surface area contributed by atoms with Gasteiger partial charge in [0.25, 0.3) is 0 Å². The van der Waals surface area contributed by atoms with Crippen LogP contribution in [-0.4, -0.2) is 4.98 Å². The molecule has 0 aliphatic carbocycles. The summed E-state index contributed by atoms with van der Waals surface area (Å²) in [6.45, 7) is 1.59. The Morgan fingerprint density at radius 1 is 1.25 bits per heavy atom. The molecule has 0 amide bonds. The number of pyridine rings is 1. The van der Waals surface area contributed by atoms with Crippen molar-refractivity contribution in [1.29, 1.82) is 0 Å². The molecule has 1 aromatic carbocycles. The Morgan fingerprint density at radius 3 is 2.65 bits per heavy atom. The summed E-state index contributed by atoms with van der Waals surface area (Å²) < 4.78 is 28.0. The second-order valence-corrected chi connectivity index (χ2v) is 5.47. The van der Waals surface area contributed by atoms with Gasteiger partial charge in [-0.2, -0.15) is 0 Å². The number of benzene rings is 1. The number of halogens is 3. The maximum Gasteiger partial charge on any atom is 0.130 e. The molecule has 3 N–H and O–H groups in total. The maximum atomic E-state index is 13.9. The number of aryl methyl sites for hydroxylation is 1. The second kappa shape index (κ2) is 6.39. The van der Waals surface area contributed by atoms with Crippen molar-refractivity contribution in [3.8, 4) is 0 Å². The van der Waals surface area contributed by atoms with Crippen molar-refractivity contribution in [3.05, 3.63) is 63.4 Å². The lowest BCUT2D eigenvalue weighted by molar-refractivity contribution is 0.500. The van der Waals surface area contributed by atoms with Gasteiger partial charge in [0.15, 0.2) is 0 Å². The summed E-state index contributed by atoms with van der Waals surface area (Å²) in [6.07, 6.45) is 3.80. The quantitative estimate of drug-likeness (QED) is 0.663. The molecule has 20 heavy (non-hydrogen) atoms. The van der Waals surface area contributed by atoms with Gasteiger partial charge in [-0.25, -0.2) is 8.78 Å². The number of aromatic nitrogens is 1. The zero-order valence-corrected chi connectivity index (χ0v) is 12.4. The van der Waals surface area contributed by atoms with Crippen LogP contribution in [0.1, 0.15) is 22.7 Å². The molecule has 106 valence electrons. The molecule has 1 unspecified atom stereocenters. The molecule has 2 aromatic rings. The summed E-state index contributed by atoms with van der Waals surface area (Å²) in [7, 11) is 0. The molecule has 0 aliphatic heterocycles. The lowest BCUT2D eigenvalue weighted by Crippen LogP contribution is -2.30. The first-order valence-electron chi connectivity index (χ1n) is 6.02. The molecule has 1 heterocycles. The van der Waals surface area contributed by atoms with Crippen LogP contribution in [0.25, 0.3) is 0 Å². The Kier molecular flexibility index (Phi) is 4.80. The number of hydrogen-bond acceptors (Lipinski definition) is 3. The van der Waals surface area contributed by atoms with Crippen molar-refractivity contribution >= 4 is 15.9 Å². The Morgan fingerprint density at radius 2 is 2.00 bits per heavy atom. The average Bonchev–Trinajstić information content (AvgIpc) is 2.40. The monoisotopic (exact) mass is 341 g/mol. The topological polar surface area (TPSA) is 50.9 Å². The van der Waals surface area contributed by atoms with Crippen LogP contribution in [0.5, 0.6) is 0 Å². The molecule has 1 atom stereocenters. The first-order valence-corrected chi connectivity index (χ1v) is 6.81. The van der Waals surface area contributed by atoms with Crippen LogP contribution in [0.4, 0.5) is 8.78 Å². The Bertz CT molecular complexity index is 619. The molecule has 3 nitrogen and oxygen atoms in total. The van der Waals surface area contributed by atoms with Gasteiger partial charge >= 0.3 is 0 Å². The van der Waals surface area contributed by atoms with Gasteiger partial charge in [0, 0.05) is 28.5 Å². The second-order valence-electron chi connectivity index (χ2n) is 4.56. The van der Waals surface area contributed by atoms with Gasteiger partial charge in [0.2, 0.25) is 0 Å². The predicted octanol–water partition coefficient (Wildman–Crippen LogP) is 3.18. The van der Waals surface area contributed by atoms with E-state index < -0.39 is 17.7 Å². The number of rotatable bonds is 4. The summed E-state index contributed by atoms with van der Waals surface area (Å²) in [5.41, 5.74) is 4.18. The van der Waals surface area contributed by atoms with Crippen LogP contribution in [-0.2, 0) is 6.42 Å². The molecule has 0 spiro atoms. The highest BCUT2D eigenvalue weighted by molar-refractivity contribution is 9.10. The number of nitrogens with zero attached hydrogens (tertiary/aromatic N) is 1. The molecule has 0 saturated heterocycles. The Hall–Kier alpha value is -1.37. The van der Waals surface area contributed by atoms with Crippen molar-refractivity contribution < 1.29 is 8.78 Å². The normalized spacial score (nSPS) is 12.4. The highest BCUT2D eigenvalue weighted by Gasteiger charge is 2.17. The molecule has 2 rings (SSSR count). The fourth-order valence-electron chi connectivity index (χ4n) is 2.01. The van der Waals surface area contributed by atoms with E-state index >= 15 is 0 Å². The van der Waals surface area contributed by atoms with Gasteiger partial charge in [0.1, 0.15) is 11.6 Å². The maximum absolute atomic E-state index is 13.9. The molecule has 0 saturated carbocycles. The molecule has 0 fully saturated rings. The lowest BCUT2D eigenvalue weighted by Gasteiger charge is -2.18. The van der Waals surface area contributed by atoms with Gasteiger partial charge in [-0.3, -0.25) is 16.3 Å². The van der Waals surface area contributed by atoms with Crippen LogP contribution in [0.3, 0.4) is 0 Å². The van der Waals surface area contributed by atoms with Crippen LogP contribution < -0.4 is 11.3 Å².